The van der Waals surface area contributed by atoms with E-state index < -0.39 is 27.1 Å². The number of likely N-dealkylation sites (tertiary alicyclic amines) is 1. The number of carboxylic acids is 1. The third kappa shape index (κ3) is 6.36. The number of piperidine rings is 2. The van der Waals surface area contributed by atoms with E-state index in [9.17, 15) is 31.5 Å². The maximum atomic E-state index is 13.6. The zero-order chi connectivity index (χ0) is 26.7. The molecule has 2 heterocycles. The molecule has 0 radical (unpaired) electrons. The van der Waals surface area contributed by atoms with Crippen molar-refractivity contribution in [3.8, 4) is 11.5 Å². The van der Waals surface area contributed by atoms with E-state index in [1.54, 1.807) is 0 Å². The number of halogens is 3. The number of rotatable bonds is 8. The minimum absolute atomic E-state index is 0.000272. The number of nitrogens with zero attached hydrogens (tertiary/aromatic N) is 2. The quantitative estimate of drug-likeness (QED) is 0.541. The van der Waals surface area contributed by atoms with Crippen LogP contribution in [0.3, 0.4) is 0 Å². The maximum Gasteiger partial charge on any atom is 0.573 e. The zero-order valence-corrected chi connectivity index (χ0v) is 20.9. The minimum atomic E-state index is -4.79. The van der Waals surface area contributed by atoms with Gasteiger partial charge in [0.15, 0.2) is 4.75 Å². The summed E-state index contributed by atoms with van der Waals surface area (Å²) in [5.41, 5.74) is 1.08. The van der Waals surface area contributed by atoms with Gasteiger partial charge in [0, 0.05) is 32.7 Å². The van der Waals surface area contributed by atoms with Gasteiger partial charge in [-0.25, -0.2) is 12.7 Å². The van der Waals surface area contributed by atoms with E-state index in [2.05, 4.69) is 9.64 Å². The fourth-order valence-corrected chi connectivity index (χ4v) is 6.95. The molecule has 202 valence electrons. The highest BCUT2D eigenvalue weighted by molar-refractivity contribution is 7.91. The minimum Gasteiger partial charge on any atom is -0.490 e. The van der Waals surface area contributed by atoms with Crippen molar-refractivity contribution in [2.45, 2.75) is 49.4 Å². The first-order valence-electron chi connectivity index (χ1n) is 12.0. The van der Waals surface area contributed by atoms with Crippen LogP contribution in [0, 0.1) is 0 Å². The van der Waals surface area contributed by atoms with Crippen molar-refractivity contribution in [3.63, 3.8) is 0 Å². The number of aliphatic carboxylic acids is 1. The molecule has 1 N–H and O–H groups in total. The molecule has 0 saturated carbocycles. The Hall–Kier alpha value is -2.83. The van der Waals surface area contributed by atoms with Gasteiger partial charge in [0.1, 0.15) is 17.6 Å². The first kappa shape index (κ1) is 27.2. The number of ether oxygens (including phenoxy) is 2. The van der Waals surface area contributed by atoms with Crippen LogP contribution in [0.4, 0.5) is 13.2 Å². The van der Waals surface area contributed by atoms with Crippen LogP contribution in [0.5, 0.6) is 11.5 Å². The van der Waals surface area contributed by atoms with Crippen molar-refractivity contribution >= 4 is 16.0 Å². The largest absolute Gasteiger partial charge is 0.573 e. The Morgan fingerprint density at radius 3 is 2.05 bits per heavy atom. The Morgan fingerprint density at radius 2 is 1.51 bits per heavy atom. The molecule has 0 aliphatic carbocycles. The summed E-state index contributed by atoms with van der Waals surface area (Å²) in [5, 5.41) is 10.0. The van der Waals surface area contributed by atoms with E-state index in [-0.39, 0.29) is 37.8 Å². The van der Waals surface area contributed by atoms with E-state index in [1.807, 2.05) is 30.3 Å². The van der Waals surface area contributed by atoms with Crippen LogP contribution >= 0.6 is 0 Å². The highest BCUT2D eigenvalue weighted by Crippen LogP contribution is 2.36. The Morgan fingerprint density at radius 1 is 0.946 bits per heavy atom. The van der Waals surface area contributed by atoms with Crippen molar-refractivity contribution in [3.05, 3.63) is 60.2 Å². The van der Waals surface area contributed by atoms with Crippen LogP contribution in [0.25, 0.3) is 0 Å². The summed E-state index contributed by atoms with van der Waals surface area (Å²) >= 11 is 0. The fourth-order valence-electron chi connectivity index (χ4n) is 4.85. The van der Waals surface area contributed by atoms with Gasteiger partial charge in [-0.15, -0.1) is 13.2 Å². The standard InChI is InChI=1S/C25H29F3N2O6S/c26-25(27,28)36-22-8-6-20(7-9-22)35-21-10-14-30(15-11-21)37(33,34)24(23(31)32)12-16-29(17-13-24)18-19-4-2-1-3-5-19/h1-9,21H,10-18H2,(H,31,32). The second kappa shape index (κ2) is 10.9. The van der Waals surface area contributed by atoms with Crippen molar-refractivity contribution in [2.75, 3.05) is 26.2 Å². The van der Waals surface area contributed by atoms with Gasteiger partial charge in [-0.1, -0.05) is 30.3 Å². The van der Waals surface area contributed by atoms with Crippen LogP contribution in [0.1, 0.15) is 31.2 Å². The van der Waals surface area contributed by atoms with Crippen LogP contribution < -0.4 is 9.47 Å². The molecule has 0 aromatic heterocycles. The van der Waals surface area contributed by atoms with Gasteiger partial charge >= 0.3 is 12.3 Å². The molecule has 0 bridgehead atoms. The number of sulfonamides is 1. The molecular formula is C25H29F3N2O6S. The summed E-state index contributed by atoms with van der Waals surface area (Å²) in [6, 6.07) is 14.7. The van der Waals surface area contributed by atoms with Crippen molar-refractivity contribution in [1.29, 1.82) is 0 Å². The van der Waals surface area contributed by atoms with E-state index in [0.29, 0.717) is 38.2 Å². The van der Waals surface area contributed by atoms with Crippen LogP contribution in [0.2, 0.25) is 0 Å². The molecule has 0 atom stereocenters. The monoisotopic (exact) mass is 542 g/mol. The summed E-state index contributed by atoms with van der Waals surface area (Å²) in [6.07, 6.45) is -4.48. The SMILES string of the molecule is O=C(O)C1(S(=O)(=O)N2CCC(Oc3ccc(OC(F)(F)F)cc3)CC2)CCN(Cc2ccccc2)CC1. The van der Waals surface area contributed by atoms with Gasteiger partial charge in [-0.3, -0.25) is 9.69 Å². The molecule has 4 rings (SSSR count). The number of alkyl halides is 3. The first-order chi connectivity index (χ1) is 17.5. The van der Waals surface area contributed by atoms with Gasteiger partial charge < -0.3 is 14.6 Å². The van der Waals surface area contributed by atoms with Gasteiger partial charge in [0.25, 0.3) is 0 Å². The molecule has 2 aliphatic rings. The summed E-state index contributed by atoms with van der Waals surface area (Å²) in [4.78, 5) is 14.4. The van der Waals surface area contributed by atoms with Gasteiger partial charge in [0.2, 0.25) is 10.0 Å². The fraction of sp³-hybridized carbons (Fsp3) is 0.480. The molecule has 2 aliphatic heterocycles. The second-order valence-electron chi connectivity index (χ2n) is 9.30. The van der Waals surface area contributed by atoms with Crippen molar-refractivity contribution < 1.29 is 41.0 Å². The van der Waals surface area contributed by atoms with Crippen LogP contribution in [-0.4, -0.2) is 72.1 Å². The van der Waals surface area contributed by atoms with E-state index in [0.717, 1.165) is 17.7 Å². The lowest BCUT2D eigenvalue weighted by atomic mass is 9.95. The summed E-state index contributed by atoms with van der Waals surface area (Å²) in [5.74, 6) is -1.36. The van der Waals surface area contributed by atoms with Gasteiger partial charge in [0.05, 0.1) is 0 Å². The normalized spacial score (nSPS) is 19.9. The number of hydrogen-bond acceptors (Lipinski definition) is 6. The van der Waals surface area contributed by atoms with Crippen LogP contribution in [-0.2, 0) is 21.4 Å². The van der Waals surface area contributed by atoms with Gasteiger partial charge in [-0.2, -0.15) is 0 Å². The Bertz CT molecular complexity index is 1160. The number of carboxylic acid groups (broad SMARTS) is 1. The lowest BCUT2D eigenvalue weighted by Crippen LogP contribution is -2.59. The maximum absolute atomic E-state index is 13.6. The molecule has 2 saturated heterocycles. The van der Waals surface area contributed by atoms with E-state index >= 15 is 0 Å². The molecule has 0 unspecified atom stereocenters. The van der Waals surface area contributed by atoms with Gasteiger partial charge in [-0.05, 0) is 55.5 Å². The molecule has 8 nitrogen and oxygen atoms in total. The smallest absolute Gasteiger partial charge is 0.490 e. The molecule has 0 amide bonds. The Kier molecular flexibility index (Phi) is 8.00. The predicted octanol–water partition coefficient (Wildman–Crippen LogP) is 3.88. The predicted molar refractivity (Wildman–Crippen MR) is 129 cm³/mol. The van der Waals surface area contributed by atoms with Crippen LogP contribution in [0.15, 0.2) is 54.6 Å². The number of carbonyl (C=O) groups is 1. The molecule has 37 heavy (non-hydrogen) atoms. The second-order valence-corrected chi connectivity index (χ2v) is 11.5. The number of benzene rings is 2. The molecule has 2 aromatic rings. The third-order valence-electron chi connectivity index (χ3n) is 6.90. The average molecular weight is 543 g/mol. The number of hydrogen-bond donors (Lipinski definition) is 1. The van der Waals surface area contributed by atoms with E-state index in [4.69, 9.17) is 4.74 Å². The Labute approximate surface area is 213 Å². The third-order valence-corrected chi connectivity index (χ3v) is 9.51. The zero-order valence-electron chi connectivity index (χ0n) is 20.1. The molecule has 12 heteroatoms. The highest BCUT2D eigenvalue weighted by Gasteiger charge is 2.55. The average Bonchev–Trinajstić information content (AvgIpc) is 2.85. The van der Waals surface area contributed by atoms with Crippen molar-refractivity contribution in [2.24, 2.45) is 0 Å². The summed E-state index contributed by atoms with van der Waals surface area (Å²) in [6.45, 7) is 1.54. The molecule has 2 aromatic carbocycles. The molecular weight excluding hydrogens is 513 g/mol. The Balaban J connectivity index is 1.34. The molecule has 0 spiro atoms. The summed E-state index contributed by atoms with van der Waals surface area (Å²) < 4.78 is 73.1. The first-order valence-corrected chi connectivity index (χ1v) is 13.4. The lowest BCUT2D eigenvalue weighted by molar-refractivity contribution is -0.274. The topological polar surface area (TPSA) is 96.4 Å². The molecule has 2 fully saturated rings. The highest BCUT2D eigenvalue weighted by atomic mass is 32.2. The van der Waals surface area contributed by atoms with E-state index in [1.165, 1.54) is 16.4 Å². The van der Waals surface area contributed by atoms with Crippen molar-refractivity contribution in [1.82, 2.24) is 9.21 Å². The lowest BCUT2D eigenvalue weighted by Gasteiger charge is -2.42. The summed E-state index contributed by atoms with van der Waals surface area (Å²) in [7, 11) is -4.13.